The van der Waals surface area contributed by atoms with Gasteiger partial charge in [0.1, 0.15) is 0 Å². The number of carbonyl (C=O) groups excluding carboxylic acids is 1. The molecule has 0 fully saturated rings. The standard InChI is InChI=1S/C18H35NO3.K/c1-3-4-5-6-7-8-9-10-11-12-13-14-17(20)19(2)16-15-18(21)22;/h3-16H2,1-2H3,(H,21,22);. The van der Waals surface area contributed by atoms with Gasteiger partial charge >= 0.3 is 5.97 Å². The van der Waals surface area contributed by atoms with Crippen LogP contribution in [0.3, 0.4) is 0 Å². The molecule has 0 bridgehead atoms. The van der Waals surface area contributed by atoms with E-state index in [1.807, 2.05) is 0 Å². The van der Waals surface area contributed by atoms with Crippen LogP contribution in [-0.2, 0) is 9.59 Å². The molecular weight excluding hydrogens is 317 g/mol. The van der Waals surface area contributed by atoms with Gasteiger partial charge in [0.2, 0.25) is 5.91 Å². The molecule has 0 unspecified atom stereocenters. The summed E-state index contributed by atoms with van der Waals surface area (Å²) in [5.41, 5.74) is 0. The fourth-order valence-corrected chi connectivity index (χ4v) is 2.52. The fraction of sp³-hybridized carbons (Fsp3) is 0.889. The monoisotopic (exact) mass is 352 g/mol. The minimum Gasteiger partial charge on any atom is -0.481 e. The van der Waals surface area contributed by atoms with Gasteiger partial charge in [-0.3, -0.25) is 9.59 Å². The molecule has 0 aromatic rings. The number of amides is 1. The van der Waals surface area contributed by atoms with Crippen molar-refractivity contribution in [1.82, 2.24) is 4.90 Å². The summed E-state index contributed by atoms with van der Waals surface area (Å²) < 4.78 is 0. The van der Waals surface area contributed by atoms with Crippen molar-refractivity contribution in [3.63, 3.8) is 0 Å². The van der Waals surface area contributed by atoms with Crippen LogP contribution in [0, 0.1) is 0 Å². The Morgan fingerprint density at radius 2 is 1.22 bits per heavy atom. The molecule has 0 rings (SSSR count). The Hall–Kier alpha value is 0.576. The van der Waals surface area contributed by atoms with E-state index >= 15 is 0 Å². The number of carbonyl (C=O) groups is 2. The maximum Gasteiger partial charge on any atom is 0.305 e. The predicted octanol–water partition coefficient (Wildman–Crippen LogP) is 4.24. The van der Waals surface area contributed by atoms with Gasteiger partial charge in [0.05, 0.1) is 6.42 Å². The summed E-state index contributed by atoms with van der Waals surface area (Å²) in [7, 11) is 1.68. The number of rotatable bonds is 15. The molecule has 0 aromatic heterocycles. The summed E-state index contributed by atoms with van der Waals surface area (Å²) in [6.45, 7) is 2.56. The van der Waals surface area contributed by atoms with E-state index in [4.69, 9.17) is 5.11 Å². The third-order valence-electron chi connectivity index (χ3n) is 4.08. The van der Waals surface area contributed by atoms with E-state index in [1.165, 1.54) is 62.7 Å². The van der Waals surface area contributed by atoms with Gasteiger partial charge in [-0.1, -0.05) is 71.1 Å². The van der Waals surface area contributed by atoms with Crippen molar-refractivity contribution in [2.24, 2.45) is 0 Å². The molecule has 0 saturated heterocycles. The molecule has 0 aliphatic heterocycles. The largest absolute Gasteiger partial charge is 0.481 e. The molecule has 1 N–H and O–H groups in total. The predicted molar refractivity (Wildman–Crippen MR) is 96.7 cm³/mol. The number of carboxylic acid groups (broad SMARTS) is 1. The maximum atomic E-state index is 11.7. The van der Waals surface area contributed by atoms with Crippen LogP contribution in [0.2, 0.25) is 0 Å². The van der Waals surface area contributed by atoms with Gasteiger partial charge in [0.15, 0.2) is 0 Å². The summed E-state index contributed by atoms with van der Waals surface area (Å²) in [4.78, 5) is 23.7. The molecule has 0 atom stereocenters. The minimum absolute atomic E-state index is 0. The molecule has 1 amide bonds. The Morgan fingerprint density at radius 3 is 1.65 bits per heavy atom. The van der Waals surface area contributed by atoms with Crippen LogP contribution >= 0.6 is 0 Å². The van der Waals surface area contributed by atoms with Crippen molar-refractivity contribution < 1.29 is 14.7 Å². The quantitative estimate of drug-likeness (QED) is 0.354. The van der Waals surface area contributed by atoms with Crippen LogP contribution in [0.15, 0.2) is 0 Å². The van der Waals surface area contributed by atoms with Crippen molar-refractivity contribution in [3.05, 3.63) is 0 Å². The second kappa shape index (κ2) is 18.9. The Bertz CT molecular complexity index is 298. The van der Waals surface area contributed by atoms with Crippen molar-refractivity contribution in [2.45, 2.75) is 90.4 Å². The summed E-state index contributed by atoms with van der Waals surface area (Å²) in [5.74, 6) is -0.786. The number of hydrogen-bond donors (Lipinski definition) is 1. The fourth-order valence-electron chi connectivity index (χ4n) is 2.52. The average Bonchev–Trinajstić information content (AvgIpc) is 2.49. The Labute approximate surface area is 185 Å². The Balaban J connectivity index is 0. The van der Waals surface area contributed by atoms with Gasteiger partial charge in [0, 0.05) is 71.4 Å². The summed E-state index contributed by atoms with van der Waals surface area (Å²) in [6, 6.07) is 0. The van der Waals surface area contributed by atoms with E-state index in [0.29, 0.717) is 13.0 Å². The molecule has 131 valence electrons. The van der Waals surface area contributed by atoms with Gasteiger partial charge in [-0.25, -0.2) is 0 Å². The van der Waals surface area contributed by atoms with Crippen LogP contribution in [0.4, 0.5) is 0 Å². The molecule has 0 aliphatic rings. The van der Waals surface area contributed by atoms with Crippen LogP contribution < -0.4 is 0 Å². The van der Waals surface area contributed by atoms with Gasteiger partial charge in [-0.2, -0.15) is 0 Å². The number of aliphatic carboxylic acids is 1. The molecule has 0 aromatic carbocycles. The first-order valence-electron chi connectivity index (χ1n) is 9.03. The summed E-state index contributed by atoms with van der Waals surface area (Å²) in [6.07, 6.45) is 14.6. The molecule has 0 aliphatic carbocycles. The number of carboxylic acids is 1. The zero-order valence-electron chi connectivity index (χ0n) is 15.6. The molecular formula is C18H35KNO3. The molecule has 0 spiro atoms. The average molecular weight is 353 g/mol. The topological polar surface area (TPSA) is 57.6 Å². The first-order chi connectivity index (χ1) is 10.6. The normalized spacial score (nSPS) is 10.2. The molecule has 5 heteroatoms. The Morgan fingerprint density at radius 1 is 0.783 bits per heavy atom. The third-order valence-corrected chi connectivity index (χ3v) is 4.08. The molecule has 0 saturated carbocycles. The number of unbranched alkanes of at least 4 members (excludes halogenated alkanes) is 10. The van der Waals surface area contributed by atoms with E-state index < -0.39 is 5.97 Å². The van der Waals surface area contributed by atoms with Crippen LogP contribution in [0.5, 0.6) is 0 Å². The van der Waals surface area contributed by atoms with E-state index in [0.717, 1.165) is 12.8 Å². The van der Waals surface area contributed by atoms with E-state index in [9.17, 15) is 9.59 Å². The van der Waals surface area contributed by atoms with Gasteiger partial charge < -0.3 is 10.0 Å². The summed E-state index contributed by atoms with van der Waals surface area (Å²) in [5, 5.41) is 8.58. The smallest absolute Gasteiger partial charge is 0.305 e. The molecule has 23 heavy (non-hydrogen) atoms. The first-order valence-corrected chi connectivity index (χ1v) is 9.03. The van der Waals surface area contributed by atoms with Crippen molar-refractivity contribution >= 4 is 63.3 Å². The van der Waals surface area contributed by atoms with Crippen molar-refractivity contribution in [2.75, 3.05) is 13.6 Å². The van der Waals surface area contributed by atoms with Gasteiger partial charge in [0.25, 0.3) is 0 Å². The molecule has 1 radical (unpaired) electrons. The van der Waals surface area contributed by atoms with E-state index in [1.54, 1.807) is 7.05 Å². The van der Waals surface area contributed by atoms with Crippen LogP contribution in [-0.4, -0.2) is 86.9 Å². The minimum atomic E-state index is -0.852. The second-order valence-electron chi connectivity index (χ2n) is 6.24. The Kier molecular flexibility index (Phi) is 21.2. The third kappa shape index (κ3) is 18.8. The van der Waals surface area contributed by atoms with Crippen LogP contribution in [0.1, 0.15) is 90.4 Å². The zero-order valence-corrected chi connectivity index (χ0v) is 18.7. The van der Waals surface area contributed by atoms with E-state index in [-0.39, 0.29) is 63.7 Å². The van der Waals surface area contributed by atoms with Crippen molar-refractivity contribution in [1.29, 1.82) is 0 Å². The first kappa shape index (κ1) is 25.8. The zero-order chi connectivity index (χ0) is 16.6. The number of hydrogen-bond acceptors (Lipinski definition) is 2. The summed E-state index contributed by atoms with van der Waals surface area (Å²) >= 11 is 0. The van der Waals surface area contributed by atoms with Crippen molar-refractivity contribution in [3.8, 4) is 0 Å². The van der Waals surface area contributed by atoms with E-state index in [2.05, 4.69) is 6.92 Å². The van der Waals surface area contributed by atoms with Crippen LogP contribution in [0.25, 0.3) is 0 Å². The molecule has 0 heterocycles. The SMILES string of the molecule is CCCCCCCCCCCCCC(=O)N(C)CCC(=O)O.[K]. The van der Waals surface area contributed by atoms with Gasteiger partial charge in [-0.05, 0) is 6.42 Å². The maximum absolute atomic E-state index is 11.7. The van der Waals surface area contributed by atoms with Gasteiger partial charge in [-0.15, -0.1) is 0 Å². The molecule has 4 nitrogen and oxygen atoms in total. The second-order valence-corrected chi connectivity index (χ2v) is 6.24. The number of nitrogens with zero attached hydrogens (tertiary/aromatic N) is 1.